The largest absolute Gasteiger partial charge is 0.457 e. The highest BCUT2D eigenvalue weighted by Gasteiger charge is 2.51. The summed E-state index contributed by atoms with van der Waals surface area (Å²) in [7, 11) is 0. The Kier molecular flexibility index (Phi) is 5.76. The average Bonchev–Trinajstić information content (AvgIpc) is 3.40. The molecule has 0 fully saturated rings. The quantitative estimate of drug-likeness (QED) is 0.207. The average molecular weight is 576 g/mol. The monoisotopic (exact) mass is 575 g/mol. The van der Waals surface area contributed by atoms with E-state index in [1.54, 1.807) is 0 Å². The highest BCUT2D eigenvalue weighted by molar-refractivity contribution is 5.91. The molecule has 0 bridgehead atoms. The fourth-order valence-electron chi connectivity index (χ4n) is 7.44. The van der Waals surface area contributed by atoms with Crippen LogP contribution < -0.4 is 9.64 Å². The summed E-state index contributed by atoms with van der Waals surface area (Å²) < 4.78 is 6.76. The van der Waals surface area contributed by atoms with Crippen LogP contribution in [0.25, 0.3) is 22.3 Å². The summed E-state index contributed by atoms with van der Waals surface area (Å²) >= 11 is 0. The van der Waals surface area contributed by atoms with Crippen LogP contribution in [0.15, 0.2) is 176 Å². The Balaban J connectivity index is 1.34. The molecule has 1 atom stereocenters. The van der Waals surface area contributed by atoms with Crippen molar-refractivity contribution in [2.24, 2.45) is 0 Å². The summed E-state index contributed by atoms with van der Waals surface area (Å²) in [5.74, 6) is 1.79. The van der Waals surface area contributed by atoms with Crippen molar-refractivity contribution >= 4 is 17.1 Å². The first-order chi connectivity index (χ1) is 22.3. The molecular formula is C43H29NO. The van der Waals surface area contributed by atoms with E-state index in [0.717, 1.165) is 39.7 Å². The van der Waals surface area contributed by atoms with Gasteiger partial charge in [0.1, 0.15) is 11.5 Å². The topological polar surface area (TPSA) is 12.5 Å². The fraction of sp³-hybridized carbons (Fsp3) is 0.0233. The van der Waals surface area contributed by atoms with Crippen LogP contribution in [0, 0.1) is 0 Å². The number of rotatable bonds is 4. The first kappa shape index (κ1) is 25.6. The lowest BCUT2D eigenvalue weighted by Gasteiger charge is -2.40. The summed E-state index contributed by atoms with van der Waals surface area (Å²) in [6.07, 6.45) is 0. The van der Waals surface area contributed by atoms with Crippen molar-refractivity contribution in [1.82, 2.24) is 0 Å². The molecule has 1 heterocycles. The van der Waals surface area contributed by atoms with Crippen molar-refractivity contribution in [3.8, 4) is 33.8 Å². The molecule has 0 N–H and O–H groups in total. The lowest BCUT2D eigenvalue weighted by Crippen LogP contribution is -2.32. The molecule has 2 heteroatoms. The Labute approximate surface area is 263 Å². The number of para-hydroxylation sites is 3. The van der Waals surface area contributed by atoms with Gasteiger partial charge in [-0.1, -0.05) is 127 Å². The summed E-state index contributed by atoms with van der Waals surface area (Å²) in [5, 5.41) is 0. The summed E-state index contributed by atoms with van der Waals surface area (Å²) in [6, 6.07) is 63.0. The molecule has 7 aromatic rings. The summed E-state index contributed by atoms with van der Waals surface area (Å²) in [5.41, 5.74) is 12.5. The Hall–Kier alpha value is -5.86. The minimum Gasteiger partial charge on any atom is -0.457 e. The molecule has 0 saturated carbocycles. The molecule has 1 aliphatic heterocycles. The van der Waals surface area contributed by atoms with Gasteiger partial charge in [0.15, 0.2) is 0 Å². The second-order valence-electron chi connectivity index (χ2n) is 11.7. The predicted molar refractivity (Wildman–Crippen MR) is 184 cm³/mol. The number of hydrogen-bond acceptors (Lipinski definition) is 2. The second-order valence-corrected chi connectivity index (χ2v) is 11.7. The first-order valence-electron chi connectivity index (χ1n) is 15.4. The molecule has 1 spiro atoms. The third-order valence-electron chi connectivity index (χ3n) is 9.32. The molecule has 0 radical (unpaired) electrons. The van der Waals surface area contributed by atoms with Gasteiger partial charge in [-0.2, -0.15) is 0 Å². The van der Waals surface area contributed by atoms with Gasteiger partial charge in [-0.25, -0.2) is 0 Å². The molecule has 212 valence electrons. The highest BCUT2D eigenvalue weighted by atomic mass is 16.5. The standard InChI is InChI=1S/C43H29NO/c1-4-14-30(15-5-1)31-24-27-39-42(28-31)45-41-23-13-12-22-38(41)43(39)37-21-11-10-20-35(37)36-26-25-34(29-40(36)43)44(32-16-6-2-7-17-32)33-18-8-3-9-19-33/h1-29H. The Morgan fingerprint density at radius 1 is 0.356 bits per heavy atom. The van der Waals surface area contributed by atoms with E-state index >= 15 is 0 Å². The molecule has 2 aliphatic rings. The lowest BCUT2D eigenvalue weighted by atomic mass is 9.66. The van der Waals surface area contributed by atoms with Crippen LogP contribution in [0.2, 0.25) is 0 Å². The van der Waals surface area contributed by atoms with Crippen LogP contribution in [0.5, 0.6) is 11.5 Å². The van der Waals surface area contributed by atoms with Gasteiger partial charge in [-0.3, -0.25) is 0 Å². The van der Waals surface area contributed by atoms with Crippen molar-refractivity contribution in [3.63, 3.8) is 0 Å². The van der Waals surface area contributed by atoms with E-state index in [0.29, 0.717) is 0 Å². The van der Waals surface area contributed by atoms with Crippen LogP contribution in [0.1, 0.15) is 22.3 Å². The van der Waals surface area contributed by atoms with Gasteiger partial charge in [0.05, 0.1) is 5.41 Å². The molecule has 7 aromatic carbocycles. The van der Waals surface area contributed by atoms with Crippen molar-refractivity contribution in [2.75, 3.05) is 4.90 Å². The second kappa shape index (κ2) is 10.1. The van der Waals surface area contributed by atoms with Crippen LogP contribution in [-0.4, -0.2) is 0 Å². The van der Waals surface area contributed by atoms with Gasteiger partial charge in [0.25, 0.3) is 0 Å². The van der Waals surface area contributed by atoms with E-state index < -0.39 is 5.41 Å². The van der Waals surface area contributed by atoms with E-state index in [1.165, 1.54) is 33.4 Å². The van der Waals surface area contributed by atoms with Crippen molar-refractivity contribution in [1.29, 1.82) is 0 Å². The molecule has 9 rings (SSSR count). The van der Waals surface area contributed by atoms with E-state index in [2.05, 4.69) is 181 Å². The third kappa shape index (κ3) is 3.82. The van der Waals surface area contributed by atoms with E-state index in [9.17, 15) is 0 Å². The number of anilines is 3. The maximum absolute atomic E-state index is 6.76. The van der Waals surface area contributed by atoms with Crippen LogP contribution in [0.3, 0.4) is 0 Å². The zero-order valence-electron chi connectivity index (χ0n) is 24.6. The Morgan fingerprint density at radius 3 is 1.67 bits per heavy atom. The minimum atomic E-state index is -0.541. The smallest absolute Gasteiger partial charge is 0.132 e. The van der Waals surface area contributed by atoms with E-state index in [4.69, 9.17) is 4.74 Å². The van der Waals surface area contributed by atoms with Gasteiger partial charge in [0, 0.05) is 28.2 Å². The maximum Gasteiger partial charge on any atom is 0.132 e. The van der Waals surface area contributed by atoms with Crippen LogP contribution >= 0.6 is 0 Å². The van der Waals surface area contributed by atoms with E-state index in [-0.39, 0.29) is 0 Å². The van der Waals surface area contributed by atoms with Gasteiger partial charge in [0.2, 0.25) is 0 Å². The molecule has 1 aliphatic carbocycles. The fourth-order valence-corrected chi connectivity index (χ4v) is 7.44. The molecule has 0 saturated heterocycles. The van der Waals surface area contributed by atoms with Gasteiger partial charge >= 0.3 is 0 Å². The summed E-state index contributed by atoms with van der Waals surface area (Å²) in [6.45, 7) is 0. The van der Waals surface area contributed by atoms with Crippen LogP contribution in [0.4, 0.5) is 17.1 Å². The van der Waals surface area contributed by atoms with Crippen LogP contribution in [-0.2, 0) is 5.41 Å². The molecule has 2 nitrogen and oxygen atoms in total. The predicted octanol–water partition coefficient (Wildman–Crippen LogP) is 11.3. The normalized spacial score (nSPS) is 15.4. The van der Waals surface area contributed by atoms with Gasteiger partial charge < -0.3 is 9.64 Å². The highest BCUT2D eigenvalue weighted by Crippen LogP contribution is 2.63. The third-order valence-corrected chi connectivity index (χ3v) is 9.32. The molecule has 0 aromatic heterocycles. The maximum atomic E-state index is 6.76. The molecular weight excluding hydrogens is 546 g/mol. The van der Waals surface area contributed by atoms with Gasteiger partial charge in [-0.05, 0) is 81.9 Å². The van der Waals surface area contributed by atoms with Crippen molar-refractivity contribution < 1.29 is 4.74 Å². The van der Waals surface area contributed by atoms with E-state index in [1.807, 2.05) is 0 Å². The Morgan fingerprint density at radius 2 is 0.933 bits per heavy atom. The SMILES string of the molecule is c1ccc(-c2ccc3c(c2)Oc2ccccc2C32c3ccccc3-c3ccc(N(c4ccccc4)c4ccccc4)cc32)cc1. The van der Waals surface area contributed by atoms with Gasteiger partial charge in [-0.15, -0.1) is 0 Å². The molecule has 45 heavy (non-hydrogen) atoms. The summed E-state index contributed by atoms with van der Waals surface area (Å²) in [4.78, 5) is 2.35. The zero-order chi connectivity index (χ0) is 29.8. The molecule has 0 amide bonds. The number of fused-ring (bicyclic) bond motifs is 9. The van der Waals surface area contributed by atoms with Crippen molar-refractivity contribution in [3.05, 3.63) is 198 Å². The van der Waals surface area contributed by atoms with Crippen molar-refractivity contribution in [2.45, 2.75) is 5.41 Å². The zero-order valence-corrected chi connectivity index (χ0v) is 24.6. The minimum absolute atomic E-state index is 0.541. The number of benzene rings is 7. The number of ether oxygens (including phenoxy) is 1. The number of nitrogens with zero attached hydrogens (tertiary/aromatic N) is 1. The molecule has 1 unspecified atom stereocenters. The lowest BCUT2D eigenvalue weighted by molar-refractivity contribution is 0.436. The first-order valence-corrected chi connectivity index (χ1v) is 15.4. The Bertz CT molecular complexity index is 2150. The number of hydrogen-bond donors (Lipinski definition) is 0.